The van der Waals surface area contributed by atoms with Crippen molar-refractivity contribution in [1.82, 2.24) is 9.80 Å². The molecule has 0 N–H and O–H groups in total. The Morgan fingerprint density at radius 3 is 2.36 bits per heavy atom. The molecule has 0 spiro atoms. The van der Waals surface area contributed by atoms with Gasteiger partial charge in [-0.1, -0.05) is 31.4 Å². The molecule has 3 rings (SSSR count). The van der Waals surface area contributed by atoms with E-state index in [1.54, 1.807) is 12.1 Å². The van der Waals surface area contributed by atoms with Gasteiger partial charge in [0.05, 0.1) is 12.6 Å². The monoisotopic (exact) mass is 346 g/mol. The fraction of sp³-hybridized carbons (Fsp3) is 0.667. The Balaban J connectivity index is 1.61. The van der Waals surface area contributed by atoms with E-state index in [0.717, 1.165) is 18.0 Å². The zero-order chi connectivity index (χ0) is 17.8. The second-order valence-electron chi connectivity index (χ2n) is 7.90. The molecule has 1 aromatic rings. The molecule has 0 radical (unpaired) electrons. The van der Waals surface area contributed by atoms with Gasteiger partial charge in [-0.15, -0.1) is 0 Å². The van der Waals surface area contributed by atoms with Gasteiger partial charge in [-0.2, -0.15) is 0 Å². The number of halogens is 1. The number of hydrogen-bond donors (Lipinski definition) is 0. The summed E-state index contributed by atoms with van der Waals surface area (Å²) < 4.78 is 13.1. The maximum absolute atomic E-state index is 13.1. The van der Waals surface area contributed by atoms with Gasteiger partial charge in [0.15, 0.2) is 0 Å². The zero-order valence-corrected chi connectivity index (χ0v) is 15.6. The minimum Gasteiger partial charge on any atom is -0.338 e. The molecule has 2 saturated carbocycles. The van der Waals surface area contributed by atoms with Crippen molar-refractivity contribution in [3.8, 4) is 0 Å². The van der Waals surface area contributed by atoms with Gasteiger partial charge in [0, 0.05) is 19.6 Å². The molecule has 0 aliphatic heterocycles. The van der Waals surface area contributed by atoms with E-state index in [1.807, 2.05) is 18.9 Å². The largest absolute Gasteiger partial charge is 0.338 e. The molecule has 3 nitrogen and oxygen atoms in total. The van der Waals surface area contributed by atoms with Gasteiger partial charge >= 0.3 is 0 Å². The maximum atomic E-state index is 13.1. The van der Waals surface area contributed by atoms with E-state index in [2.05, 4.69) is 4.90 Å². The third-order valence-electron chi connectivity index (χ3n) is 5.95. The van der Waals surface area contributed by atoms with Crippen molar-refractivity contribution in [2.24, 2.45) is 5.92 Å². The first-order valence-electron chi connectivity index (χ1n) is 9.79. The van der Waals surface area contributed by atoms with Crippen LogP contribution in [0, 0.1) is 11.7 Å². The summed E-state index contributed by atoms with van der Waals surface area (Å²) in [5.74, 6) is 0.732. The van der Waals surface area contributed by atoms with Crippen LogP contribution in [0.15, 0.2) is 24.3 Å². The molecule has 1 atom stereocenters. The van der Waals surface area contributed by atoms with Gasteiger partial charge in [-0.3, -0.25) is 9.69 Å². The van der Waals surface area contributed by atoms with Crippen LogP contribution < -0.4 is 0 Å². The van der Waals surface area contributed by atoms with Crippen LogP contribution in [-0.2, 0) is 4.79 Å². The molecular weight excluding hydrogens is 315 g/mol. The van der Waals surface area contributed by atoms with E-state index >= 15 is 0 Å². The highest BCUT2D eigenvalue weighted by Crippen LogP contribution is 2.32. The summed E-state index contributed by atoms with van der Waals surface area (Å²) in [4.78, 5) is 17.2. The molecule has 2 aliphatic carbocycles. The summed E-state index contributed by atoms with van der Waals surface area (Å²) in [7, 11) is 1.87. The molecule has 25 heavy (non-hydrogen) atoms. The Labute approximate surface area is 151 Å². The molecule has 2 fully saturated rings. The lowest BCUT2D eigenvalue weighted by atomic mass is 9.94. The molecule has 1 amide bonds. The highest BCUT2D eigenvalue weighted by atomic mass is 19.1. The average molecular weight is 346 g/mol. The van der Waals surface area contributed by atoms with Crippen LogP contribution in [0.4, 0.5) is 4.39 Å². The number of amides is 1. The molecule has 0 bridgehead atoms. The minimum atomic E-state index is -0.238. The number of likely N-dealkylation sites (N-methyl/N-ethyl adjacent to an activating group) is 1. The summed E-state index contributed by atoms with van der Waals surface area (Å²) in [5.41, 5.74) is 0.976. The first-order valence-corrected chi connectivity index (χ1v) is 9.79. The van der Waals surface area contributed by atoms with Crippen LogP contribution in [0.2, 0.25) is 0 Å². The van der Waals surface area contributed by atoms with Crippen molar-refractivity contribution in [3.63, 3.8) is 0 Å². The molecule has 0 saturated heterocycles. The highest BCUT2D eigenvalue weighted by Gasteiger charge is 2.31. The van der Waals surface area contributed by atoms with E-state index < -0.39 is 0 Å². The topological polar surface area (TPSA) is 23.6 Å². The van der Waals surface area contributed by atoms with Crippen LogP contribution in [0.3, 0.4) is 0 Å². The Bertz CT molecular complexity index is 564. The summed E-state index contributed by atoms with van der Waals surface area (Å²) in [6.07, 6.45) is 9.03. The van der Waals surface area contributed by atoms with Crippen LogP contribution in [0.1, 0.15) is 63.5 Å². The van der Waals surface area contributed by atoms with E-state index in [4.69, 9.17) is 0 Å². The van der Waals surface area contributed by atoms with E-state index in [9.17, 15) is 9.18 Å². The second-order valence-corrected chi connectivity index (χ2v) is 7.90. The van der Waals surface area contributed by atoms with Crippen molar-refractivity contribution in [2.45, 2.75) is 64.0 Å². The van der Waals surface area contributed by atoms with Crippen LogP contribution in [0.5, 0.6) is 0 Å². The van der Waals surface area contributed by atoms with Crippen LogP contribution >= 0.6 is 0 Å². The standard InChI is InChI=1S/C21H31FN2O/c1-16(18-10-12-19(22)13-11-18)23(2)21(25)15-24(14-17-8-9-17)20-6-4-3-5-7-20/h10-13,16-17,20H,3-9,14-15H2,1-2H3. The van der Waals surface area contributed by atoms with Gasteiger partial charge in [0.1, 0.15) is 5.82 Å². The number of carbonyl (C=O) groups excluding carboxylic acids is 1. The maximum Gasteiger partial charge on any atom is 0.237 e. The number of benzene rings is 1. The van der Waals surface area contributed by atoms with Crippen molar-refractivity contribution < 1.29 is 9.18 Å². The Kier molecular flexibility index (Phi) is 6.10. The van der Waals surface area contributed by atoms with E-state index in [1.165, 1.54) is 57.1 Å². The van der Waals surface area contributed by atoms with Gasteiger partial charge in [0.25, 0.3) is 0 Å². The molecule has 4 heteroatoms. The lowest BCUT2D eigenvalue weighted by Crippen LogP contribution is -2.45. The minimum absolute atomic E-state index is 0.0396. The Hall–Kier alpha value is -1.42. The molecule has 0 aromatic heterocycles. The van der Waals surface area contributed by atoms with Crippen molar-refractivity contribution in [1.29, 1.82) is 0 Å². The van der Waals surface area contributed by atoms with E-state index in [-0.39, 0.29) is 17.8 Å². The number of nitrogens with zero attached hydrogens (tertiary/aromatic N) is 2. The predicted octanol–water partition coefficient (Wildman–Crippen LogP) is 4.39. The fourth-order valence-corrected chi connectivity index (χ4v) is 3.89. The van der Waals surface area contributed by atoms with Crippen LogP contribution in [0.25, 0.3) is 0 Å². The zero-order valence-electron chi connectivity index (χ0n) is 15.6. The number of hydrogen-bond acceptors (Lipinski definition) is 2. The summed E-state index contributed by atoms with van der Waals surface area (Å²) >= 11 is 0. The first kappa shape index (κ1) is 18.4. The predicted molar refractivity (Wildman–Crippen MR) is 98.8 cm³/mol. The van der Waals surface area contributed by atoms with E-state index in [0.29, 0.717) is 12.6 Å². The normalized spacial score (nSPS) is 19.8. The van der Waals surface area contributed by atoms with Crippen LogP contribution in [-0.4, -0.2) is 41.9 Å². The lowest BCUT2D eigenvalue weighted by molar-refractivity contribution is -0.133. The quantitative estimate of drug-likeness (QED) is 0.731. The molecule has 2 aliphatic rings. The molecule has 1 aromatic carbocycles. The van der Waals surface area contributed by atoms with Gasteiger partial charge in [0.2, 0.25) is 5.91 Å². The Morgan fingerprint density at radius 1 is 1.12 bits per heavy atom. The van der Waals surface area contributed by atoms with Gasteiger partial charge < -0.3 is 4.90 Å². The second kappa shape index (κ2) is 8.31. The van der Waals surface area contributed by atoms with Crippen molar-refractivity contribution in [3.05, 3.63) is 35.6 Å². The fourth-order valence-electron chi connectivity index (χ4n) is 3.89. The first-order chi connectivity index (χ1) is 12.0. The molecule has 1 unspecified atom stereocenters. The average Bonchev–Trinajstić information content (AvgIpc) is 3.45. The number of rotatable bonds is 7. The summed E-state index contributed by atoms with van der Waals surface area (Å²) in [5, 5.41) is 0. The third-order valence-corrected chi connectivity index (χ3v) is 5.95. The van der Waals surface area contributed by atoms with Crippen molar-refractivity contribution in [2.75, 3.05) is 20.1 Å². The summed E-state index contributed by atoms with van der Waals surface area (Å²) in [6, 6.07) is 7.01. The number of carbonyl (C=O) groups is 1. The third kappa shape index (κ3) is 5.04. The SMILES string of the molecule is CC(c1ccc(F)cc1)N(C)C(=O)CN(CC1CC1)C1CCCCC1. The Morgan fingerprint density at radius 2 is 1.76 bits per heavy atom. The molecule has 138 valence electrons. The van der Waals surface area contributed by atoms with Gasteiger partial charge in [-0.25, -0.2) is 4.39 Å². The van der Waals surface area contributed by atoms with Crippen molar-refractivity contribution >= 4 is 5.91 Å². The molecule has 0 heterocycles. The highest BCUT2D eigenvalue weighted by molar-refractivity contribution is 5.78. The molecular formula is C21H31FN2O. The lowest BCUT2D eigenvalue weighted by Gasteiger charge is -2.36. The van der Waals surface area contributed by atoms with Gasteiger partial charge in [-0.05, 0) is 56.2 Å². The summed E-state index contributed by atoms with van der Waals surface area (Å²) in [6.45, 7) is 3.61. The smallest absolute Gasteiger partial charge is 0.237 e.